The number of aliphatic carboxylic acids is 4. The summed E-state index contributed by atoms with van der Waals surface area (Å²) in [5.74, 6) is 14.9. The van der Waals surface area contributed by atoms with Crippen molar-refractivity contribution in [2.45, 2.75) is 150 Å². The van der Waals surface area contributed by atoms with E-state index in [2.05, 4.69) is 134 Å². The highest BCUT2D eigenvalue weighted by Crippen LogP contribution is 2.30. The third kappa shape index (κ3) is 30.9. The molecule has 0 saturated carbocycles. The van der Waals surface area contributed by atoms with E-state index in [0.29, 0.717) is 114 Å². The Morgan fingerprint density at radius 3 is 0.931 bits per heavy atom. The average Bonchev–Trinajstić information content (AvgIpc) is 1.59. The molecule has 0 amide bonds. The topological polar surface area (TPSA) is 566 Å². The molecule has 5 saturated heterocycles. The minimum Gasteiger partial charge on any atom is -0.475 e. The minimum absolute atomic E-state index is 0.197. The number of carboxylic acid groups (broad SMARTS) is 4. The zero-order valence-electron chi connectivity index (χ0n) is 81.0. The van der Waals surface area contributed by atoms with E-state index < -0.39 is 90.2 Å². The van der Waals surface area contributed by atoms with Gasteiger partial charge in [-0.3, -0.25) is 55.7 Å². The molecule has 790 valence electrons. The Bertz CT molecular complexity index is 6330. The molecule has 0 spiro atoms. The molecule has 0 aliphatic carbocycles. The number of rotatable bonds is 20. The Balaban J connectivity index is 0.000000269. The van der Waals surface area contributed by atoms with Gasteiger partial charge < -0.3 is 101 Å². The zero-order chi connectivity index (χ0) is 108. The van der Waals surface area contributed by atoms with Crippen LogP contribution in [0, 0.1) is 47.4 Å². The van der Waals surface area contributed by atoms with Crippen molar-refractivity contribution in [2.24, 2.45) is 28.2 Å². The number of methoxy groups -OCH3 is 3. The number of nitrogens with zero attached hydrogens (tertiary/aromatic N) is 21. The summed E-state index contributed by atoms with van der Waals surface area (Å²) < 4.78 is 159. The number of hydrogen-bond donors (Lipinski definition) is 11. The molecular weight excluding hydrogens is 1950 g/mol. The van der Waals surface area contributed by atoms with Crippen molar-refractivity contribution in [1.29, 1.82) is 0 Å². The van der Waals surface area contributed by atoms with Gasteiger partial charge in [-0.05, 0) is 75.2 Å². The van der Waals surface area contributed by atoms with Crippen LogP contribution in [-0.2, 0) is 112 Å². The molecule has 60 heteroatoms. The average molecular weight is 2060 g/mol. The molecule has 8 aromatic rings. The number of nitrogens with one attached hydrogen (secondary N) is 7. The maximum absolute atomic E-state index is 13.4. The fraction of sp³-hybridized carbons (Fsp3) is 0.571. The van der Waals surface area contributed by atoms with Crippen LogP contribution in [0.15, 0.2) is 19.2 Å². The standard InChI is InChI=1S/C20H27N7O3.2C19H27N7O3.C18H25N7O3.4C2HF3O2/c1-4-5-10-27-15-16(23-20(27)25-12-8-21-9-13-25)22-19(24(2)17(15)28)26-11-6-7-14(26)18(29)30-3;1-6-7-10-26-13-14(22-18(26)25-11-8-20-9-12-25)21-17(24(4)15(13)27)23-19(2,3)16(28)29-5;1-5-7-10-26-14-15(23-19(26)25-11-8-20-9-12-25)22-18(24(4)16(14)27)21-13(3)17(28)29-6-2;1-5-6-9-25-13-14(22-18(25)24-10-7-19-8-11-24)21-17(23(3)15(13)26)20-12(2)16(27)28-4;4*3-2(4,5)1(6)7/h14,21H,6-13H2,1-3H3;20H,8-12H2,1-5H3,(H,21,23);13,20H,6,8-12H2,1-4H3,(H,21,22);12,19H,7-11H2,1-4H3,(H,20,21);4*(H,6,7)/t14-;;13-;;;;;/m1.1...../s1. The summed E-state index contributed by atoms with van der Waals surface area (Å²) >= 11 is 0. The molecule has 13 heterocycles. The highest BCUT2D eigenvalue weighted by atomic mass is 19.4. The Hall–Kier alpha value is -15.2. The van der Waals surface area contributed by atoms with E-state index in [-0.39, 0.29) is 52.7 Å². The zero-order valence-corrected chi connectivity index (χ0v) is 81.0. The number of ether oxygens (including phenoxy) is 4. The number of carboxylic acids is 4. The van der Waals surface area contributed by atoms with E-state index in [1.807, 2.05) is 23.2 Å². The van der Waals surface area contributed by atoms with Crippen molar-refractivity contribution in [2.75, 3.05) is 180 Å². The summed E-state index contributed by atoms with van der Waals surface area (Å²) in [4.78, 5) is 184. The second-order valence-corrected chi connectivity index (χ2v) is 31.3. The van der Waals surface area contributed by atoms with E-state index in [9.17, 15) is 91.0 Å². The molecule has 144 heavy (non-hydrogen) atoms. The first kappa shape index (κ1) is 118. The van der Waals surface area contributed by atoms with E-state index in [0.717, 1.165) is 111 Å². The van der Waals surface area contributed by atoms with Gasteiger partial charge >= 0.3 is 72.5 Å². The van der Waals surface area contributed by atoms with Crippen molar-refractivity contribution >= 4 is 140 Å². The molecule has 0 bridgehead atoms. The summed E-state index contributed by atoms with van der Waals surface area (Å²) in [6, 6.07) is -1.74. The number of carbonyl (C=O) groups is 8. The molecular formula is C84H110F12N28O20. The number of alkyl halides is 12. The lowest BCUT2D eigenvalue weighted by molar-refractivity contribution is -0.193. The molecule has 48 nitrogen and oxygen atoms in total. The van der Waals surface area contributed by atoms with E-state index in [1.54, 1.807) is 90.5 Å². The van der Waals surface area contributed by atoms with Gasteiger partial charge in [0.1, 0.15) is 23.7 Å². The van der Waals surface area contributed by atoms with Gasteiger partial charge in [0.05, 0.1) is 54.1 Å². The fourth-order valence-electron chi connectivity index (χ4n) is 13.8. The molecule has 5 aliphatic rings. The van der Waals surface area contributed by atoms with Gasteiger partial charge in [0.15, 0.2) is 44.7 Å². The van der Waals surface area contributed by atoms with Crippen LogP contribution in [0.25, 0.3) is 44.7 Å². The van der Waals surface area contributed by atoms with Crippen LogP contribution in [-0.4, -0.2) is 332 Å². The monoisotopic (exact) mass is 2060 g/mol. The lowest BCUT2D eigenvalue weighted by Crippen LogP contribution is -2.44. The molecule has 13 rings (SSSR count). The number of fused-ring (bicyclic) bond motifs is 4. The summed E-state index contributed by atoms with van der Waals surface area (Å²) in [7, 11) is 10.5. The van der Waals surface area contributed by atoms with Crippen LogP contribution < -0.4 is 84.0 Å². The number of halogens is 12. The summed E-state index contributed by atoms with van der Waals surface area (Å²) in [6.07, 6.45) is -18.8. The first-order valence-electron chi connectivity index (χ1n) is 43.6. The van der Waals surface area contributed by atoms with Crippen molar-refractivity contribution in [1.82, 2.24) is 97.7 Å². The molecule has 11 N–H and O–H groups in total. The van der Waals surface area contributed by atoms with Crippen molar-refractivity contribution in [3.05, 3.63) is 41.4 Å². The minimum atomic E-state index is -5.08. The molecule has 5 aliphatic heterocycles. The second kappa shape index (κ2) is 52.5. The van der Waals surface area contributed by atoms with Crippen molar-refractivity contribution in [3.8, 4) is 47.4 Å². The van der Waals surface area contributed by atoms with Gasteiger partial charge in [0, 0.05) is 139 Å². The Kier molecular flexibility index (Phi) is 42.9. The van der Waals surface area contributed by atoms with Gasteiger partial charge in [-0.2, -0.15) is 92.6 Å². The molecule has 3 atom stereocenters. The normalized spacial score (nSPS) is 15.0. The van der Waals surface area contributed by atoms with Gasteiger partial charge in [0.25, 0.3) is 22.2 Å². The highest BCUT2D eigenvalue weighted by Gasteiger charge is 2.42. The van der Waals surface area contributed by atoms with E-state index in [4.69, 9.17) is 68.5 Å². The van der Waals surface area contributed by atoms with Crippen LogP contribution in [0.2, 0.25) is 0 Å². The van der Waals surface area contributed by atoms with E-state index >= 15 is 0 Å². The van der Waals surface area contributed by atoms with Crippen LogP contribution in [0.3, 0.4) is 0 Å². The summed E-state index contributed by atoms with van der Waals surface area (Å²) in [5, 5.41) is 50.6. The van der Waals surface area contributed by atoms with Crippen LogP contribution >= 0.6 is 0 Å². The molecule has 0 radical (unpaired) electrons. The lowest BCUT2D eigenvalue weighted by atomic mass is 10.1. The first-order valence-corrected chi connectivity index (χ1v) is 43.6. The molecule has 1 unspecified atom stereocenters. The Morgan fingerprint density at radius 1 is 0.403 bits per heavy atom. The fourth-order valence-corrected chi connectivity index (χ4v) is 13.8. The number of esters is 4. The number of piperazine rings is 4. The Labute approximate surface area is 811 Å². The van der Waals surface area contributed by atoms with Crippen LogP contribution in [0.4, 0.5) is 100 Å². The smallest absolute Gasteiger partial charge is 0.475 e. The van der Waals surface area contributed by atoms with Crippen molar-refractivity contribution in [3.63, 3.8) is 0 Å². The van der Waals surface area contributed by atoms with Gasteiger partial charge in [-0.15, -0.1) is 23.7 Å². The second-order valence-electron chi connectivity index (χ2n) is 31.3. The van der Waals surface area contributed by atoms with Crippen molar-refractivity contribution < 1.29 is 130 Å². The summed E-state index contributed by atoms with van der Waals surface area (Å²) in [6.45, 7) is 30.9. The number of carbonyl (C=O) groups excluding carboxylic acids is 4. The number of imidazole rings is 4. The first-order chi connectivity index (χ1) is 67.6. The summed E-state index contributed by atoms with van der Waals surface area (Å²) in [5.41, 5.74) is 0.977. The number of anilines is 8. The van der Waals surface area contributed by atoms with Gasteiger partial charge in [0.2, 0.25) is 47.6 Å². The van der Waals surface area contributed by atoms with Crippen LogP contribution in [0.1, 0.15) is 75.2 Å². The number of hydrogen-bond acceptors (Lipinski definition) is 36. The van der Waals surface area contributed by atoms with Gasteiger partial charge in [-0.25, -0.2) is 38.4 Å². The van der Waals surface area contributed by atoms with E-state index in [1.165, 1.54) is 39.6 Å². The Morgan fingerprint density at radius 2 is 0.667 bits per heavy atom. The maximum atomic E-state index is 13.4. The predicted octanol–water partition coefficient (Wildman–Crippen LogP) is 1.63. The predicted molar refractivity (Wildman–Crippen MR) is 497 cm³/mol. The molecule has 0 aromatic carbocycles. The SMILES string of the molecule is CC#CCn1c(N2CCNCC2)nc2nc(N3CCC[C@@H]3C(=O)OC)n(C)c(=O)c21.CC#CCn1c(N2CCNCC2)nc2nc(NC(C)(C)C(=O)OC)n(C)c(=O)c21.CC#CCn1c(N2CCNCC2)nc2nc(NC(C)C(=O)OC)n(C)c(=O)c21.CC#CCn1c(N2CCNCC2)nc2nc(N[C@H](C)C(=O)OCC)n(C)c(=O)c21.O=C(O)C(F)(F)F.O=C(O)C(F)(F)F.O=C(O)C(F)(F)F.O=C(O)C(F)(F)F. The maximum Gasteiger partial charge on any atom is 0.490 e. The highest BCUT2D eigenvalue weighted by molar-refractivity contribution is 5.86. The third-order valence-electron chi connectivity index (χ3n) is 21.1. The molecule has 5 fully saturated rings. The lowest BCUT2D eigenvalue weighted by Gasteiger charge is -2.28. The quantitative estimate of drug-likeness (QED) is 0.0223. The largest absolute Gasteiger partial charge is 0.490 e. The van der Waals surface area contributed by atoms with Gasteiger partial charge in [-0.1, -0.05) is 23.7 Å². The number of aromatic nitrogens is 16. The molecule has 8 aromatic heterocycles. The van der Waals surface area contributed by atoms with Crippen LogP contribution in [0.5, 0.6) is 0 Å². The third-order valence-corrected chi connectivity index (χ3v) is 21.1.